The molecule has 3 unspecified atom stereocenters. The molecule has 11 heteroatoms. The van der Waals surface area contributed by atoms with E-state index < -0.39 is 24.2 Å². The number of nitrogens with zero attached hydrogens (tertiary/aromatic N) is 1. The minimum absolute atomic E-state index is 0.0691. The van der Waals surface area contributed by atoms with Gasteiger partial charge in [-0.2, -0.15) is 0 Å². The second-order valence-electron chi connectivity index (χ2n) is 11.1. The molecule has 10 nitrogen and oxygen atoms in total. The van der Waals surface area contributed by atoms with Crippen LogP contribution in [0, 0.1) is 9.49 Å². The number of rotatable bonds is 13. The number of aromatic amines is 1. The van der Waals surface area contributed by atoms with Crippen molar-refractivity contribution in [3.8, 4) is 11.5 Å². The number of methoxy groups -OCH3 is 1. The molecule has 2 amide bonds. The number of aromatic nitrogens is 1. The monoisotopic (exact) mass is 705 g/mol. The van der Waals surface area contributed by atoms with Gasteiger partial charge in [-0.05, 0) is 69.8 Å². The highest BCUT2D eigenvalue weighted by atomic mass is 127. The van der Waals surface area contributed by atoms with Crippen LogP contribution < -0.4 is 14.8 Å². The summed E-state index contributed by atoms with van der Waals surface area (Å²) in [5, 5.41) is 34.4. The molecule has 232 valence electrons. The van der Waals surface area contributed by atoms with Gasteiger partial charge in [0, 0.05) is 49.1 Å². The van der Waals surface area contributed by atoms with Gasteiger partial charge < -0.3 is 40.0 Å². The van der Waals surface area contributed by atoms with Crippen LogP contribution in [0.1, 0.15) is 37.9 Å². The van der Waals surface area contributed by atoms with E-state index in [0.717, 1.165) is 16.6 Å². The highest BCUT2D eigenvalue weighted by Gasteiger charge is 2.41. The van der Waals surface area contributed by atoms with Crippen LogP contribution >= 0.6 is 22.6 Å². The summed E-state index contributed by atoms with van der Waals surface area (Å²) in [5.74, 6) is 0.301. The fourth-order valence-corrected chi connectivity index (χ4v) is 6.14. The van der Waals surface area contributed by atoms with Gasteiger partial charge in [0.05, 0.1) is 29.9 Å². The van der Waals surface area contributed by atoms with Crippen molar-refractivity contribution in [2.75, 3.05) is 26.8 Å². The summed E-state index contributed by atoms with van der Waals surface area (Å²) in [6.45, 7) is 3.92. The summed E-state index contributed by atoms with van der Waals surface area (Å²) in [6.07, 6.45) is 0.353. The molecule has 5 N–H and O–H groups in total. The molecule has 0 radical (unpaired) electrons. The lowest BCUT2D eigenvalue weighted by Gasteiger charge is -2.41. The third-order valence-electron chi connectivity index (χ3n) is 7.45. The lowest BCUT2D eigenvalue weighted by molar-refractivity contribution is -0.139. The van der Waals surface area contributed by atoms with Crippen LogP contribution in [0.15, 0.2) is 54.1 Å². The number of halogens is 1. The summed E-state index contributed by atoms with van der Waals surface area (Å²) in [7, 11) is 1.49. The number of aliphatic hydroxyl groups is 3. The number of hydrogen-bond donors (Lipinski definition) is 5. The molecular weight excluding hydrogens is 665 g/mol. The number of fused-ring (bicyclic) bond motifs is 1. The van der Waals surface area contributed by atoms with Gasteiger partial charge >= 0.3 is 0 Å². The van der Waals surface area contributed by atoms with Crippen molar-refractivity contribution < 1.29 is 34.4 Å². The van der Waals surface area contributed by atoms with Crippen molar-refractivity contribution in [1.82, 2.24) is 15.2 Å². The molecule has 1 aliphatic rings. The van der Waals surface area contributed by atoms with Crippen LogP contribution in [0.5, 0.6) is 11.5 Å². The van der Waals surface area contributed by atoms with Crippen molar-refractivity contribution in [3.63, 3.8) is 0 Å². The topological polar surface area (TPSA) is 144 Å². The Morgan fingerprint density at radius 3 is 2.63 bits per heavy atom. The normalized spacial score (nSPS) is 18.4. The number of carbonyl (C=O) groups is 2. The Labute approximate surface area is 265 Å². The number of amides is 2. The zero-order chi connectivity index (χ0) is 31.1. The van der Waals surface area contributed by atoms with Crippen LogP contribution in [0.25, 0.3) is 10.9 Å². The standard InChI is InChI=1S/C32H40IN3O7/c1-19(2)12-29(39)36(10-8-23-15-21-6-4-5-7-25(21)35-23)26-16-22(32(41)34-9-11-37)17-27(30(26)40)43-31-24(33)13-20(18-38)14-28(31)42-3/h4-7,13-15,17,19,26-27,30,35,37-38,40H,8-12,16,18H2,1-3H3,(H,34,41). The minimum atomic E-state index is -1.16. The zero-order valence-electron chi connectivity index (χ0n) is 24.7. The Kier molecular flexibility index (Phi) is 11.5. The number of hydrogen-bond acceptors (Lipinski definition) is 7. The second kappa shape index (κ2) is 15.0. The van der Waals surface area contributed by atoms with E-state index in [2.05, 4.69) is 39.0 Å². The first-order valence-electron chi connectivity index (χ1n) is 14.4. The molecule has 43 heavy (non-hydrogen) atoms. The van der Waals surface area contributed by atoms with Gasteiger partial charge in [0.25, 0.3) is 0 Å². The van der Waals surface area contributed by atoms with Gasteiger partial charge in [-0.3, -0.25) is 9.59 Å². The van der Waals surface area contributed by atoms with E-state index >= 15 is 0 Å². The van der Waals surface area contributed by atoms with E-state index in [9.17, 15) is 24.9 Å². The van der Waals surface area contributed by atoms with Gasteiger partial charge in [0.15, 0.2) is 11.5 Å². The lowest BCUT2D eigenvalue weighted by atomic mass is 9.87. The van der Waals surface area contributed by atoms with Crippen molar-refractivity contribution in [1.29, 1.82) is 0 Å². The number of aliphatic hydroxyl groups excluding tert-OH is 3. The Morgan fingerprint density at radius 1 is 1.19 bits per heavy atom. The van der Waals surface area contributed by atoms with Gasteiger partial charge in [0.2, 0.25) is 11.8 Å². The molecule has 3 aromatic rings. The van der Waals surface area contributed by atoms with Crippen LogP contribution in [0.4, 0.5) is 0 Å². The van der Waals surface area contributed by atoms with Crippen LogP contribution in [0.2, 0.25) is 0 Å². The number of nitrogens with one attached hydrogen (secondary N) is 2. The second-order valence-corrected chi connectivity index (χ2v) is 12.3. The molecular formula is C32H40IN3O7. The summed E-state index contributed by atoms with van der Waals surface area (Å²) >= 11 is 2.07. The molecule has 3 atom stereocenters. The summed E-state index contributed by atoms with van der Waals surface area (Å²) < 4.78 is 12.5. The lowest BCUT2D eigenvalue weighted by Crippen LogP contribution is -2.55. The minimum Gasteiger partial charge on any atom is -0.493 e. The number of para-hydroxylation sites is 1. The molecule has 0 saturated carbocycles. The first-order valence-corrected chi connectivity index (χ1v) is 15.5. The maximum Gasteiger partial charge on any atom is 0.247 e. The SMILES string of the molecule is COc1cc(CO)cc(I)c1OC1C=C(C(=O)NCCO)CC(N(CCc2cc3ccccc3[nH]2)C(=O)CC(C)C)C1O. The van der Waals surface area contributed by atoms with Crippen molar-refractivity contribution in [2.45, 2.75) is 58.0 Å². The van der Waals surface area contributed by atoms with Crippen molar-refractivity contribution in [2.24, 2.45) is 5.92 Å². The average molecular weight is 706 g/mol. The fourth-order valence-electron chi connectivity index (χ4n) is 5.35. The third kappa shape index (κ3) is 8.08. The Bertz CT molecular complexity index is 1420. The maximum absolute atomic E-state index is 13.7. The number of carbonyl (C=O) groups excluding carboxylic acids is 2. The molecule has 0 fully saturated rings. The van der Waals surface area contributed by atoms with Crippen molar-refractivity contribution >= 4 is 45.3 Å². The van der Waals surface area contributed by atoms with Gasteiger partial charge in [-0.25, -0.2) is 0 Å². The fraction of sp³-hybridized carbons (Fsp3) is 0.438. The van der Waals surface area contributed by atoms with Crippen LogP contribution in [0.3, 0.4) is 0 Å². The van der Waals surface area contributed by atoms with Gasteiger partial charge in [0.1, 0.15) is 12.2 Å². The zero-order valence-corrected chi connectivity index (χ0v) is 26.8. The maximum atomic E-state index is 13.7. The summed E-state index contributed by atoms with van der Waals surface area (Å²) in [5.41, 5.74) is 2.95. The first kappa shape index (κ1) is 32.8. The smallest absolute Gasteiger partial charge is 0.247 e. The predicted octanol–water partition coefficient (Wildman–Crippen LogP) is 3.31. The van der Waals surface area contributed by atoms with E-state index in [1.165, 1.54) is 7.11 Å². The van der Waals surface area contributed by atoms with Gasteiger partial charge in [-0.1, -0.05) is 32.0 Å². The highest BCUT2D eigenvalue weighted by molar-refractivity contribution is 14.1. The molecule has 0 bridgehead atoms. The molecule has 2 aromatic carbocycles. The first-order chi connectivity index (χ1) is 20.6. The summed E-state index contributed by atoms with van der Waals surface area (Å²) in [6, 6.07) is 12.7. The van der Waals surface area contributed by atoms with E-state index in [4.69, 9.17) is 9.47 Å². The number of H-pyrrole nitrogens is 1. The average Bonchev–Trinajstić information content (AvgIpc) is 3.40. The van der Waals surface area contributed by atoms with E-state index in [-0.39, 0.29) is 44.4 Å². The van der Waals surface area contributed by atoms with E-state index in [1.807, 2.05) is 38.1 Å². The molecule has 0 aliphatic heterocycles. The van der Waals surface area contributed by atoms with Crippen molar-refractivity contribution in [3.05, 3.63) is 68.9 Å². The Hall–Kier alpha value is -3.13. The number of benzene rings is 2. The number of ether oxygens (including phenoxy) is 2. The Morgan fingerprint density at radius 2 is 1.95 bits per heavy atom. The highest BCUT2D eigenvalue weighted by Crippen LogP contribution is 2.37. The van der Waals surface area contributed by atoms with Crippen LogP contribution in [-0.4, -0.2) is 82.1 Å². The summed E-state index contributed by atoms with van der Waals surface area (Å²) in [4.78, 5) is 31.9. The molecule has 4 rings (SSSR count). The van der Waals surface area contributed by atoms with Gasteiger partial charge in [-0.15, -0.1) is 0 Å². The third-order valence-corrected chi connectivity index (χ3v) is 8.25. The van der Waals surface area contributed by atoms with Crippen LogP contribution in [-0.2, 0) is 22.6 Å². The Balaban J connectivity index is 1.68. The molecule has 1 aromatic heterocycles. The molecule has 1 heterocycles. The molecule has 0 spiro atoms. The molecule has 1 aliphatic carbocycles. The predicted molar refractivity (Wildman–Crippen MR) is 172 cm³/mol. The van der Waals surface area contributed by atoms with E-state index in [0.29, 0.717) is 39.2 Å². The largest absolute Gasteiger partial charge is 0.493 e. The van der Waals surface area contributed by atoms with E-state index in [1.54, 1.807) is 23.1 Å². The quantitative estimate of drug-likeness (QED) is 0.172. The molecule has 0 saturated heterocycles.